The summed E-state index contributed by atoms with van der Waals surface area (Å²) in [6, 6.07) is 14.1. The minimum absolute atomic E-state index is 0.0659. The number of halogens is 1. The monoisotopic (exact) mass is 342 g/mol. The zero-order valence-electron chi connectivity index (χ0n) is 11.6. The van der Waals surface area contributed by atoms with Crippen LogP contribution in [-0.2, 0) is 0 Å². The van der Waals surface area contributed by atoms with Gasteiger partial charge in [0.05, 0.1) is 6.07 Å². The highest BCUT2D eigenvalue weighted by Crippen LogP contribution is 2.23. The van der Waals surface area contributed by atoms with E-state index in [0.717, 1.165) is 33.7 Å². The van der Waals surface area contributed by atoms with Gasteiger partial charge in [0, 0.05) is 29.0 Å². The van der Waals surface area contributed by atoms with Crippen LogP contribution in [0.1, 0.15) is 23.2 Å². The lowest BCUT2D eigenvalue weighted by Crippen LogP contribution is -2.38. The van der Waals surface area contributed by atoms with Crippen molar-refractivity contribution >= 4 is 32.6 Å². The fraction of sp³-hybridized carbons (Fsp3) is 0.294. The Kier molecular flexibility index (Phi) is 3.94. The van der Waals surface area contributed by atoms with E-state index in [9.17, 15) is 4.79 Å². The lowest BCUT2D eigenvalue weighted by molar-refractivity contribution is 0.0707. The number of benzene rings is 2. The topological polar surface area (TPSA) is 44.1 Å². The van der Waals surface area contributed by atoms with Crippen LogP contribution in [0.2, 0.25) is 0 Å². The van der Waals surface area contributed by atoms with Crippen LogP contribution in [0.25, 0.3) is 10.8 Å². The molecule has 1 fully saturated rings. The first kappa shape index (κ1) is 14.1. The summed E-state index contributed by atoms with van der Waals surface area (Å²) in [6.45, 7) is 1.35. The van der Waals surface area contributed by atoms with Crippen molar-refractivity contribution < 1.29 is 4.79 Å². The van der Waals surface area contributed by atoms with Crippen LogP contribution in [0.4, 0.5) is 0 Å². The third-order valence-electron chi connectivity index (χ3n) is 4.01. The van der Waals surface area contributed by atoms with E-state index in [0.29, 0.717) is 13.1 Å². The molecule has 3 rings (SSSR count). The van der Waals surface area contributed by atoms with Gasteiger partial charge in [-0.15, -0.1) is 0 Å². The second-order valence-corrected chi connectivity index (χ2v) is 6.32. The second-order valence-electron chi connectivity index (χ2n) is 5.40. The molecule has 0 unspecified atom stereocenters. The standard InChI is InChI=1S/C17H15BrN2O/c18-16-4-3-13-9-15(2-1-14(13)10-16)17(21)20-7-5-12(11-19)6-8-20/h1-4,9-10,12H,5-8H2. The van der Waals surface area contributed by atoms with Crippen LogP contribution in [0.15, 0.2) is 40.9 Å². The molecule has 3 nitrogen and oxygen atoms in total. The third kappa shape index (κ3) is 2.93. The number of likely N-dealkylation sites (tertiary alicyclic amines) is 1. The number of nitrogens with zero attached hydrogens (tertiary/aromatic N) is 2. The van der Waals surface area contributed by atoms with Gasteiger partial charge in [0.1, 0.15) is 0 Å². The van der Waals surface area contributed by atoms with Crippen molar-refractivity contribution in [3.05, 3.63) is 46.4 Å². The number of hydrogen-bond acceptors (Lipinski definition) is 2. The molecule has 2 aromatic carbocycles. The number of hydrogen-bond donors (Lipinski definition) is 0. The maximum Gasteiger partial charge on any atom is 0.253 e. The number of carbonyl (C=O) groups is 1. The fourth-order valence-electron chi connectivity index (χ4n) is 2.74. The molecule has 0 N–H and O–H groups in total. The molecular formula is C17H15BrN2O. The van der Waals surface area contributed by atoms with Crippen molar-refractivity contribution in [2.45, 2.75) is 12.8 Å². The van der Waals surface area contributed by atoms with Crippen LogP contribution in [-0.4, -0.2) is 23.9 Å². The summed E-state index contributed by atoms with van der Waals surface area (Å²) in [7, 11) is 0. The molecular weight excluding hydrogens is 328 g/mol. The predicted octanol–water partition coefficient (Wildman–Crippen LogP) is 3.98. The van der Waals surface area contributed by atoms with Crippen molar-refractivity contribution in [3.63, 3.8) is 0 Å². The summed E-state index contributed by atoms with van der Waals surface area (Å²) < 4.78 is 1.03. The van der Waals surface area contributed by atoms with E-state index >= 15 is 0 Å². The van der Waals surface area contributed by atoms with Crippen LogP contribution >= 0.6 is 15.9 Å². The first-order chi connectivity index (χ1) is 10.2. The van der Waals surface area contributed by atoms with Crippen LogP contribution in [0, 0.1) is 17.2 Å². The van der Waals surface area contributed by atoms with Crippen molar-refractivity contribution in [1.82, 2.24) is 4.90 Å². The van der Waals surface area contributed by atoms with Gasteiger partial charge in [-0.25, -0.2) is 0 Å². The molecule has 1 aliphatic heterocycles. The molecule has 4 heteroatoms. The summed E-state index contributed by atoms with van der Waals surface area (Å²) in [6.07, 6.45) is 1.56. The Morgan fingerprint density at radius 3 is 2.52 bits per heavy atom. The molecule has 0 aliphatic carbocycles. The van der Waals surface area contributed by atoms with Gasteiger partial charge < -0.3 is 4.90 Å². The highest BCUT2D eigenvalue weighted by atomic mass is 79.9. The van der Waals surface area contributed by atoms with Gasteiger partial charge in [-0.2, -0.15) is 5.26 Å². The normalized spacial score (nSPS) is 15.9. The van der Waals surface area contributed by atoms with Gasteiger partial charge in [0.15, 0.2) is 0 Å². The summed E-state index contributed by atoms with van der Waals surface area (Å²) in [4.78, 5) is 14.4. The first-order valence-electron chi connectivity index (χ1n) is 7.05. The maximum absolute atomic E-state index is 12.5. The molecule has 1 saturated heterocycles. The van der Waals surface area contributed by atoms with E-state index in [-0.39, 0.29) is 11.8 Å². The molecule has 0 bridgehead atoms. The molecule has 21 heavy (non-hydrogen) atoms. The van der Waals surface area contributed by atoms with E-state index in [2.05, 4.69) is 22.0 Å². The summed E-state index contributed by atoms with van der Waals surface area (Å²) in [5.74, 6) is 0.166. The lowest BCUT2D eigenvalue weighted by atomic mass is 9.97. The maximum atomic E-state index is 12.5. The van der Waals surface area contributed by atoms with E-state index < -0.39 is 0 Å². The fourth-order valence-corrected chi connectivity index (χ4v) is 3.12. The Labute approximate surface area is 132 Å². The number of amides is 1. The van der Waals surface area contributed by atoms with E-state index in [1.165, 1.54) is 0 Å². The highest BCUT2D eigenvalue weighted by molar-refractivity contribution is 9.10. The second kappa shape index (κ2) is 5.87. The number of nitriles is 1. The van der Waals surface area contributed by atoms with Gasteiger partial charge in [-0.05, 0) is 47.9 Å². The number of piperidine rings is 1. The smallest absolute Gasteiger partial charge is 0.253 e. The molecule has 0 radical (unpaired) electrons. The lowest BCUT2D eigenvalue weighted by Gasteiger charge is -2.29. The molecule has 2 aromatic rings. The van der Waals surface area contributed by atoms with E-state index in [1.807, 2.05) is 41.3 Å². The molecule has 0 saturated carbocycles. The minimum atomic E-state index is 0.0659. The molecule has 1 amide bonds. The summed E-state index contributed by atoms with van der Waals surface area (Å²) >= 11 is 3.45. The average Bonchev–Trinajstić information content (AvgIpc) is 2.53. The van der Waals surface area contributed by atoms with Crippen LogP contribution < -0.4 is 0 Å². The Balaban J connectivity index is 1.82. The van der Waals surface area contributed by atoms with E-state index in [1.54, 1.807) is 0 Å². The largest absolute Gasteiger partial charge is 0.339 e. The number of rotatable bonds is 1. The molecule has 0 aromatic heterocycles. The molecule has 1 heterocycles. The van der Waals surface area contributed by atoms with Crippen molar-refractivity contribution in [2.24, 2.45) is 5.92 Å². The number of fused-ring (bicyclic) bond motifs is 1. The van der Waals surface area contributed by atoms with Crippen LogP contribution in [0.3, 0.4) is 0 Å². The Morgan fingerprint density at radius 1 is 1.14 bits per heavy atom. The van der Waals surface area contributed by atoms with Crippen LogP contribution in [0.5, 0.6) is 0 Å². The van der Waals surface area contributed by atoms with Gasteiger partial charge in [-0.1, -0.05) is 28.1 Å². The average molecular weight is 343 g/mol. The Hall–Kier alpha value is -1.86. The SMILES string of the molecule is N#CC1CCN(C(=O)c2ccc3cc(Br)ccc3c2)CC1. The summed E-state index contributed by atoms with van der Waals surface area (Å²) in [5, 5.41) is 11.1. The van der Waals surface area contributed by atoms with E-state index in [4.69, 9.17) is 5.26 Å². The van der Waals surface area contributed by atoms with Crippen molar-refractivity contribution in [3.8, 4) is 6.07 Å². The summed E-state index contributed by atoms with van der Waals surface area (Å²) in [5.41, 5.74) is 0.722. The first-order valence-corrected chi connectivity index (χ1v) is 7.85. The molecule has 0 spiro atoms. The Morgan fingerprint density at radius 2 is 1.81 bits per heavy atom. The molecule has 0 atom stereocenters. The van der Waals surface area contributed by atoms with Gasteiger partial charge in [0.25, 0.3) is 5.91 Å². The van der Waals surface area contributed by atoms with Gasteiger partial charge in [-0.3, -0.25) is 4.79 Å². The molecule has 106 valence electrons. The Bertz CT molecular complexity index is 727. The minimum Gasteiger partial charge on any atom is -0.339 e. The van der Waals surface area contributed by atoms with Crippen molar-refractivity contribution in [1.29, 1.82) is 5.26 Å². The number of carbonyl (C=O) groups excluding carboxylic acids is 1. The zero-order chi connectivity index (χ0) is 14.8. The highest BCUT2D eigenvalue weighted by Gasteiger charge is 2.23. The van der Waals surface area contributed by atoms with Crippen molar-refractivity contribution in [2.75, 3.05) is 13.1 Å². The molecule has 1 aliphatic rings. The van der Waals surface area contributed by atoms with Gasteiger partial charge >= 0.3 is 0 Å². The zero-order valence-corrected chi connectivity index (χ0v) is 13.1. The third-order valence-corrected chi connectivity index (χ3v) is 4.51. The predicted molar refractivity (Wildman–Crippen MR) is 85.9 cm³/mol. The quantitative estimate of drug-likeness (QED) is 0.786. The van der Waals surface area contributed by atoms with Gasteiger partial charge in [0.2, 0.25) is 0 Å².